The Morgan fingerprint density at radius 1 is 1.10 bits per heavy atom. The molecule has 164 valence electrons. The van der Waals surface area contributed by atoms with Gasteiger partial charge in [0.2, 0.25) is 15.9 Å². The Morgan fingerprint density at radius 2 is 1.73 bits per heavy atom. The molecule has 0 bridgehead atoms. The maximum absolute atomic E-state index is 12.5. The van der Waals surface area contributed by atoms with Crippen molar-refractivity contribution in [3.8, 4) is 5.75 Å². The van der Waals surface area contributed by atoms with Gasteiger partial charge in [-0.1, -0.05) is 24.3 Å². The normalized spacial score (nSPS) is 12.3. The molecule has 0 aromatic heterocycles. The molecular formula is C23H32N2O4S. The van der Waals surface area contributed by atoms with Gasteiger partial charge in [-0.25, -0.2) is 8.42 Å². The lowest BCUT2D eigenvalue weighted by Crippen LogP contribution is -2.33. The fourth-order valence-electron chi connectivity index (χ4n) is 3.52. The Bertz CT molecular complexity index is 1000. The minimum Gasteiger partial charge on any atom is -0.495 e. The number of anilines is 1. The van der Waals surface area contributed by atoms with Crippen molar-refractivity contribution >= 4 is 21.6 Å². The number of sulfonamides is 1. The number of amides is 1. The molecule has 0 heterocycles. The number of hydrogen-bond acceptors (Lipinski definition) is 4. The molecule has 0 aliphatic carbocycles. The Labute approximate surface area is 180 Å². The van der Waals surface area contributed by atoms with Crippen molar-refractivity contribution in [1.82, 2.24) is 5.32 Å². The van der Waals surface area contributed by atoms with E-state index in [4.69, 9.17) is 4.74 Å². The molecule has 0 spiro atoms. The molecule has 0 saturated heterocycles. The van der Waals surface area contributed by atoms with Crippen LogP contribution in [0.25, 0.3) is 0 Å². The van der Waals surface area contributed by atoms with Crippen LogP contribution in [0.2, 0.25) is 0 Å². The topological polar surface area (TPSA) is 75.7 Å². The van der Waals surface area contributed by atoms with Gasteiger partial charge in [-0.05, 0) is 68.5 Å². The number of para-hydroxylation sites is 2. The number of methoxy groups -OCH3 is 1. The molecule has 2 rings (SSSR count). The van der Waals surface area contributed by atoms with E-state index in [-0.39, 0.29) is 24.9 Å². The lowest BCUT2D eigenvalue weighted by molar-refractivity contribution is -0.121. The van der Waals surface area contributed by atoms with Gasteiger partial charge in [0.25, 0.3) is 0 Å². The Kier molecular flexibility index (Phi) is 7.89. The van der Waals surface area contributed by atoms with Crippen molar-refractivity contribution in [3.63, 3.8) is 0 Å². The third kappa shape index (κ3) is 5.98. The van der Waals surface area contributed by atoms with Crippen molar-refractivity contribution in [3.05, 3.63) is 58.7 Å². The van der Waals surface area contributed by atoms with Crippen LogP contribution in [0.1, 0.15) is 48.1 Å². The van der Waals surface area contributed by atoms with Gasteiger partial charge in [0.1, 0.15) is 5.75 Å². The van der Waals surface area contributed by atoms with Crippen molar-refractivity contribution in [2.24, 2.45) is 0 Å². The number of carbonyl (C=O) groups is 1. The Morgan fingerprint density at radius 3 is 2.37 bits per heavy atom. The third-order valence-corrected chi connectivity index (χ3v) is 6.43. The van der Waals surface area contributed by atoms with E-state index in [1.807, 2.05) is 13.8 Å². The first-order chi connectivity index (χ1) is 14.0. The summed E-state index contributed by atoms with van der Waals surface area (Å²) in [5, 5.41) is 3.03. The minimum absolute atomic E-state index is 0.103. The van der Waals surface area contributed by atoms with Crippen LogP contribution in [0.15, 0.2) is 36.4 Å². The highest BCUT2D eigenvalue weighted by atomic mass is 32.2. The highest BCUT2D eigenvalue weighted by Crippen LogP contribution is 2.29. The maximum Gasteiger partial charge on any atom is 0.232 e. The van der Waals surface area contributed by atoms with Crippen LogP contribution in [0.4, 0.5) is 5.69 Å². The van der Waals surface area contributed by atoms with E-state index in [9.17, 15) is 13.2 Å². The maximum atomic E-state index is 12.5. The first-order valence-corrected chi connectivity index (χ1v) is 11.9. The van der Waals surface area contributed by atoms with E-state index in [0.29, 0.717) is 17.9 Å². The predicted molar refractivity (Wildman–Crippen MR) is 122 cm³/mol. The highest BCUT2D eigenvalue weighted by molar-refractivity contribution is 7.92. The smallest absolute Gasteiger partial charge is 0.232 e. The molecule has 0 fully saturated rings. The summed E-state index contributed by atoms with van der Waals surface area (Å²) in [6, 6.07) is 11.1. The number of ether oxygens (including phenoxy) is 1. The SMILES string of the molecule is COc1ccccc1N(CCCC(=O)NC(C)c1cc(C)c(C)cc1C)S(C)(=O)=O. The molecule has 2 aromatic rings. The van der Waals surface area contributed by atoms with E-state index >= 15 is 0 Å². The second-order valence-corrected chi connectivity index (χ2v) is 9.60. The molecule has 1 unspecified atom stereocenters. The zero-order valence-electron chi connectivity index (χ0n) is 18.7. The van der Waals surface area contributed by atoms with Gasteiger partial charge < -0.3 is 10.1 Å². The Balaban J connectivity index is 2.02. The average Bonchev–Trinajstić information content (AvgIpc) is 2.67. The predicted octanol–water partition coefficient (Wildman–Crippen LogP) is 4.04. The van der Waals surface area contributed by atoms with Crippen LogP contribution in [0, 0.1) is 20.8 Å². The lowest BCUT2D eigenvalue weighted by atomic mass is 9.96. The van der Waals surface area contributed by atoms with Crippen molar-refractivity contribution in [1.29, 1.82) is 0 Å². The zero-order valence-corrected chi connectivity index (χ0v) is 19.5. The van der Waals surface area contributed by atoms with Crippen molar-refractivity contribution in [2.75, 3.05) is 24.2 Å². The largest absolute Gasteiger partial charge is 0.495 e. The van der Waals surface area contributed by atoms with Gasteiger partial charge in [-0.15, -0.1) is 0 Å². The molecule has 7 heteroatoms. The van der Waals surface area contributed by atoms with E-state index in [0.717, 1.165) is 17.4 Å². The summed E-state index contributed by atoms with van der Waals surface area (Å²) >= 11 is 0. The molecule has 2 aromatic carbocycles. The third-order valence-electron chi connectivity index (χ3n) is 5.25. The molecular weight excluding hydrogens is 400 g/mol. The lowest BCUT2D eigenvalue weighted by Gasteiger charge is -2.24. The van der Waals surface area contributed by atoms with E-state index in [1.54, 1.807) is 24.3 Å². The summed E-state index contributed by atoms with van der Waals surface area (Å²) in [7, 11) is -2.00. The summed E-state index contributed by atoms with van der Waals surface area (Å²) in [6.07, 6.45) is 1.79. The van der Waals surface area contributed by atoms with Gasteiger partial charge in [0.05, 0.1) is 25.1 Å². The van der Waals surface area contributed by atoms with Crippen LogP contribution < -0.4 is 14.4 Å². The average molecular weight is 433 g/mol. The number of carbonyl (C=O) groups excluding carboxylic acids is 1. The van der Waals surface area contributed by atoms with Crippen LogP contribution in [-0.4, -0.2) is 34.2 Å². The number of hydrogen-bond donors (Lipinski definition) is 1. The number of rotatable bonds is 9. The van der Waals surface area contributed by atoms with Crippen LogP contribution in [0.3, 0.4) is 0 Å². The second kappa shape index (κ2) is 9.98. The molecule has 30 heavy (non-hydrogen) atoms. The Hall–Kier alpha value is -2.54. The van der Waals surface area contributed by atoms with Gasteiger partial charge >= 0.3 is 0 Å². The van der Waals surface area contributed by atoms with Crippen molar-refractivity contribution in [2.45, 2.75) is 46.6 Å². The van der Waals surface area contributed by atoms with E-state index in [1.165, 1.54) is 22.5 Å². The fourth-order valence-corrected chi connectivity index (χ4v) is 4.49. The molecule has 1 amide bonds. The van der Waals surface area contributed by atoms with Crippen molar-refractivity contribution < 1.29 is 17.9 Å². The highest BCUT2D eigenvalue weighted by Gasteiger charge is 2.21. The van der Waals surface area contributed by atoms with E-state index < -0.39 is 10.0 Å². The van der Waals surface area contributed by atoms with Crippen LogP contribution >= 0.6 is 0 Å². The van der Waals surface area contributed by atoms with Crippen LogP contribution in [0.5, 0.6) is 5.75 Å². The molecule has 0 saturated carbocycles. The summed E-state index contributed by atoms with van der Waals surface area (Å²) in [6.45, 7) is 8.34. The molecule has 6 nitrogen and oxygen atoms in total. The number of aryl methyl sites for hydroxylation is 3. The number of nitrogens with zero attached hydrogens (tertiary/aromatic N) is 1. The first kappa shape index (κ1) is 23.7. The summed E-state index contributed by atoms with van der Waals surface area (Å²) < 4.78 is 31.2. The van der Waals surface area contributed by atoms with Gasteiger partial charge in [0, 0.05) is 13.0 Å². The summed E-state index contributed by atoms with van der Waals surface area (Å²) in [5.41, 5.74) is 5.13. The summed E-state index contributed by atoms with van der Waals surface area (Å²) in [5.74, 6) is 0.375. The molecule has 0 aliphatic rings. The first-order valence-electron chi connectivity index (χ1n) is 10.0. The number of benzene rings is 2. The quantitative estimate of drug-likeness (QED) is 0.649. The molecule has 1 N–H and O–H groups in total. The molecule has 0 aliphatic heterocycles. The zero-order chi connectivity index (χ0) is 22.5. The summed E-state index contributed by atoms with van der Waals surface area (Å²) in [4.78, 5) is 12.5. The van der Waals surface area contributed by atoms with Gasteiger partial charge in [-0.2, -0.15) is 0 Å². The fraction of sp³-hybridized carbons (Fsp3) is 0.435. The molecule has 1 atom stereocenters. The second-order valence-electron chi connectivity index (χ2n) is 7.69. The standard InChI is InChI=1S/C23H32N2O4S/c1-16-14-18(3)20(15-17(16)2)19(4)24-23(26)12-9-13-25(30(6,27)28)21-10-7-8-11-22(21)29-5/h7-8,10-11,14-15,19H,9,12-13H2,1-6H3,(H,24,26). The monoisotopic (exact) mass is 432 g/mol. The number of nitrogens with one attached hydrogen (secondary N) is 1. The van der Waals surface area contributed by atoms with Gasteiger partial charge in [0.15, 0.2) is 0 Å². The van der Waals surface area contributed by atoms with E-state index in [2.05, 4.69) is 31.3 Å². The molecule has 0 radical (unpaired) electrons. The minimum atomic E-state index is -3.51. The van der Waals surface area contributed by atoms with Gasteiger partial charge in [-0.3, -0.25) is 9.10 Å². The van der Waals surface area contributed by atoms with Crippen LogP contribution in [-0.2, 0) is 14.8 Å².